The van der Waals surface area contributed by atoms with Crippen LogP contribution in [0.25, 0.3) is 22.1 Å². The fourth-order valence-electron chi connectivity index (χ4n) is 4.14. The SMILES string of the molecule is Cc1ccc(NC(=O)c2cc(Cl)cc3[nH]c(C)nc23)cc1.Cc1ccc(NC(=O)c2cc(Cl)cc3n[nH]nc23)cc1. The van der Waals surface area contributed by atoms with E-state index < -0.39 is 0 Å². The lowest BCUT2D eigenvalue weighted by atomic mass is 10.1. The highest BCUT2D eigenvalue weighted by atomic mass is 35.5. The molecule has 0 radical (unpaired) electrons. The number of benzene rings is 4. The molecule has 2 aromatic heterocycles. The van der Waals surface area contributed by atoms with E-state index in [1.807, 2.05) is 69.3 Å². The van der Waals surface area contributed by atoms with Crippen LogP contribution >= 0.6 is 23.2 Å². The predicted octanol–water partition coefficient (Wildman–Crippen LogP) is 7.26. The third-order valence-corrected chi connectivity index (χ3v) is 6.60. The second-order valence-electron chi connectivity index (χ2n) is 9.46. The van der Waals surface area contributed by atoms with Crippen LogP contribution in [0.2, 0.25) is 10.0 Å². The van der Waals surface area contributed by atoms with Crippen LogP contribution in [0.5, 0.6) is 0 Å². The topological polar surface area (TPSA) is 128 Å². The van der Waals surface area contributed by atoms with Crippen molar-refractivity contribution in [2.75, 3.05) is 10.6 Å². The highest BCUT2D eigenvalue weighted by Crippen LogP contribution is 2.24. The Labute approximate surface area is 245 Å². The van der Waals surface area contributed by atoms with E-state index >= 15 is 0 Å². The standard InChI is InChI=1S/C16H14ClN3O.C14H11ClN4O/c1-9-3-5-12(6-4-9)20-16(21)13-7-11(17)8-14-15(13)19-10(2)18-14;1-8-2-4-10(5-3-8)16-14(20)11-6-9(15)7-12-13(11)18-19-17-12/h3-8H,1-2H3,(H,18,19)(H,20,21);2-7H,1H3,(H,16,20)(H,17,18,19). The van der Waals surface area contributed by atoms with Gasteiger partial charge in [-0.2, -0.15) is 15.4 Å². The third kappa shape index (κ3) is 6.54. The molecule has 0 aliphatic rings. The van der Waals surface area contributed by atoms with Crippen molar-refractivity contribution in [2.24, 2.45) is 0 Å². The monoisotopic (exact) mass is 585 g/mol. The molecule has 4 N–H and O–H groups in total. The average molecular weight is 586 g/mol. The summed E-state index contributed by atoms with van der Waals surface area (Å²) in [5, 5.41) is 17.0. The Morgan fingerprint density at radius 2 is 1.20 bits per heavy atom. The molecule has 4 aromatic carbocycles. The Bertz CT molecular complexity index is 1880. The number of carbonyl (C=O) groups is 2. The zero-order valence-corrected chi connectivity index (χ0v) is 23.9. The predicted molar refractivity (Wildman–Crippen MR) is 163 cm³/mol. The molecule has 2 amide bonds. The van der Waals surface area contributed by atoms with E-state index in [-0.39, 0.29) is 11.8 Å². The maximum absolute atomic E-state index is 12.5. The van der Waals surface area contributed by atoms with Gasteiger partial charge >= 0.3 is 0 Å². The fourth-order valence-corrected chi connectivity index (χ4v) is 4.57. The number of imidazole rings is 1. The molecule has 206 valence electrons. The molecule has 0 atom stereocenters. The van der Waals surface area contributed by atoms with E-state index in [1.54, 1.807) is 24.3 Å². The van der Waals surface area contributed by atoms with Gasteiger partial charge in [0.15, 0.2) is 0 Å². The highest BCUT2D eigenvalue weighted by molar-refractivity contribution is 6.32. The summed E-state index contributed by atoms with van der Waals surface area (Å²) in [6.45, 7) is 5.83. The highest BCUT2D eigenvalue weighted by Gasteiger charge is 2.16. The van der Waals surface area contributed by atoms with Crippen molar-refractivity contribution >= 4 is 68.5 Å². The Balaban J connectivity index is 0.000000165. The van der Waals surface area contributed by atoms with E-state index in [9.17, 15) is 9.59 Å². The number of H-pyrrole nitrogens is 2. The molecule has 9 nitrogen and oxygen atoms in total. The average Bonchev–Trinajstić information content (AvgIpc) is 3.56. The molecule has 0 aliphatic heterocycles. The van der Waals surface area contributed by atoms with Crippen LogP contribution in [-0.2, 0) is 0 Å². The molecule has 2 heterocycles. The normalized spacial score (nSPS) is 10.8. The number of carbonyl (C=O) groups excluding carboxylic acids is 2. The van der Waals surface area contributed by atoms with Crippen LogP contribution in [0.3, 0.4) is 0 Å². The van der Waals surface area contributed by atoms with Gasteiger partial charge in [-0.05, 0) is 69.3 Å². The van der Waals surface area contributed by atoms with Crippen molar-refractivity contribution in [1.29, 1.82) is 0 Å². The number of nitrogens with zero attached hydrogens (tertiary/aromatic N) is 3. The first kappa shape index (κ1) is 27.8. The summed E-state index contributed by atoms with van der Waals surface area (Å²) in [7, 11) is 0. The van der Waals surface area contributed by atoms with Crippen LogP contribution in [0.1, 0.15) is 37.7 Å². The van der Waals surface area contributed by atoms with Crippen LogP contribution in [0, 0.1) is 20.8 Å². The Morgan fingerprint density at radius 3 is 1.76 bits per heavy atom. The molecule has 0 unspecified atom stereocenters. The van der Waals surface area contributed by atoms with E-state index in [4.69, 9.17) is 23.2 Å². The second-order valence-corrected chi connectivity index (χ2v) is 10.3. The number of hydrogen-bond acceptors (Lipinski definition) is 5. The van der Waals surface area contributed by atoms with E-state index in [0.29, 0.717) is 37.7 Å². The summed E-state index contributed by atoms with van der Waals surface area (Å²) in [5.41, 5.74) is 7.03. The number of amides is 2. The van der Waals surface area contributed by atoms with Crippen LogP contribution in [-0.4, -0.2) is 37.2 Å². The number of anilines is 2. The van der Waals surface area contributed by atoms with Crippen LogP contribution in [0.15, 0.2) is 72.8 Å². The van der Waals surface area contributed by atoms with Crippen molar-refractivity contribution in [3.63, 3.8) is 0 Å². The van der Waals surface area contributed by atoms with Gasteiger partial charge in [-0.3, -0.25) is 9.59 Å². The zero-order valence-electron chi connectivity index (χ0n) is 22.3. The lowest BCUT2D eigenvalue weighted by Gasteiger charge is -2.06. The maximum Gasteiger partial charge on any atom is 0.258 e. The molecular formula is C30H25Cl2N7O2. The lowest BCUT2D eigenvalue weighted by molar-refractivity contribution is 0.102. The number of aromatic amines is 2. The summed E-state index contributed by atoms with van der Waals surface area (Å²) in [6, 6.07) is 21.8. The van der Waals surface area contributed by atoms with Gasteiger partial charge in [-0.1, -0.05) is 58.6 Å². The fraction of sp³-hybridized carbons (Fsp3) is 0.100. The number of hydrogen-bond donors (Lipinski definition) is 4. The Morgan fingerprint density at radius 1 is 0.683 bits per heavy atom. The van der Waals surface area contributed by atoms with Gasteiger partial charge < -0.3 is 15.6 Å². The molecule has 0 bridgehead atoms. The third-order valence-electron chi connectivity index (χ3n) is 6.16. The van der Waals surface area contributed by atoms with Crippen molar-refractivity contribution in [3.8, 4) is 0 Å². The molecule has 0 spiro atoms. The minimum atomic E-state index is -0.268. The van der Waals surface area contributed by atoms with Crippen LogP contribution < -0.4 is 10.6 Å². The Kier molecular flexibility index (Phi) is 8.00. The molecule has 11 heteroatoms. The molecular weight excluding hydrogens is 561 g/mol. The van der Waals surface area contributed by atoms with E-state index in [1.165, 1.54) is 0 Å². The quantitative estimate of drug-likeness (QED) is 0.173. The Hall–Kier alpha value is -4.73. The maximum atomic E-state index is 12.5. The summed E-state index contributed by atoms with van der Waals surface area (Å²) < 4.78 is 0. The number of aryl methyl sites for hydroxylation is 3. The van der Waals surface area contributed by atoms with Crippen molar-refractivity contribution in [1.82, 2.24) is 25.4 Å². The number of rotatable bonds is 4. The van der Waals surface area contributed by atoms with Gasteiger partial charge in [0.1, 0.15) is 22.4 Å². The summed E-state index contributed by atoms with van der Waals surface area (Å²) in [6.07, 6.45) is 0. The van der Waals surface area contributed by atoms with Gasteiger partial charge in [-0.25, -0.2) is 4.98 Å². The van der Waals surface area contributed by atoms with Gasteiger partial charge in [0, 0.05) is 21.4 Å². The molecule has 0 fully saturated rings. The van der Waals surface area contributed by atoms with Crippen molar-refractivity contribution < 1.29 is 9.59 Å². The molecule has 0 saturated carbocycles. The molecule has 41 heavy (non-hydrogen) atoms. The lowest BCUT2D eigenvalue weighted by Crippen LogP contribution is -2.12. The summed E-state index contributed by atoms with van der Waals surface area (Å²) in [4.78, 5) is 32.2. The zero-order chi connectivity index (χ0) is 29.1. The first-order valence-corrected chi connectivity index (χ1v) is 13.3. The van der Waals surface area contributed by atoms with Crippen LogP contribution in [0.4, 0.5) is 11.4 Å². The second kappa shape index (κ2) is 11.8. The number of fused-ring (bicyclic) bond motifs is 2. The number of nitrogens with one attached hydrogen (secondary N) is 4. The summed E-state index contributed by atoms with van der Waals surface area (Å²) >= 11 is 12.1. The minimum absolute atomic E-state index is 0.224. The minimum Gasteiger partial charge on any atom is -0.342 e. The summed E-state index contributed by atoms with van der Waals surface area (Å²) in [5.74, 6) is 0.254. The largest absolute Gasteiger partial charge is 0.342 e. The van der Waals surface area contributed by atoms with Crippen molar-refractivity contribution in [3.05, 3.63) is 111 Å². The van der Waals surface area contributed by atoms with Crippen molar-refractivity contribution in [2.45, 2.75) is 20.8 Å². The van der Waals surface area contributed by atoms with Gasteiger partial charge in [0.25, 0.3) is 11.8 Å². The van der Waals surface area contributed by atoms with E-state index in [0.717, 1.165) is 33.8 Å². The number of aromatic nitrogens is 5. The number of halogens is 2. The van der Waals surface area contributed by atoms with Gasteiger partial charge in [0.2, 0.25) is 0 Å². The smallest absolute Gasteiger partial charge is 0.258 e. The molecule has 0 aliphatic carbocycles. The van der Waals surface area contributed by atoms with Gasteiger partial charge in [-0.15, -0.1) is 0 Å². The molecule has 6 aromatic rings. The van der Waals surface area contributed by atoms with Gasteiger partial charge in [0.05, 0.1) is 16.6 Å². The van der Waals surface area contributed by atoms with E-state index in [2.05, 4.69) is 36.0 Å². The first-order chi connectivity index (χ1) is 19.7. The molecule has 0 saturated heterocycles. The molecule has 6 rings (SSSR count). The first-order valence-electron chi connectivity index (χ1n) is 12.6.